The Kier molecular flexibility index (Phi) is 5.00. The number of rotatable bonds is 4. The van der Waals surface area contributed by atoms with Crippen LogP contribution < -0.4 is 11.1 Å². The molecule has 3 rings (SSSR count). The Morgan fingerprint density at radius 1 is 1.33 bits per heavy atom. The molecular weight excluding hydrogens is 300 g/mol. The molecule has 1 aromatic rings. The molecule has 5 nitrogen and oxygen atoms in total. The molecule has 1 heterocycles. The molecule has 2 aliphatic rings. The molecule has 1 amide bonds. The van der Waals surface area contributed by atoms with Crippen molar-refractivity contribution in [2.75, 3.05) is 0 Å². The van der Waals surface area contributed by atoms with Gasteiger partial charge in [-0.2, -0.15) is 5.10 Å². The summed E-state index contributed by atoms with van der Waals surface area (Å²) < 4.78 is 1.92. The maximum Gasteiger partial charge on any atom is 0.223 e. The van der Waals surface area contributed by atoms with E-state index in [-0.39, 0.29) is 17.9 Å². The molecule has 3 atom stereocenters. The molecule has 3 N–H and O–H groups in total. The third-order valence-corrected chi connectivity index (χ3v) is 6.34. The van der Waals surface area contributed by atoms with E-state index in [9.17, 15) is 4.79 Å². The fourth-order valence-corrected chi connectivity index (χ4v) is 4.83. The van der Waals surface area contributed by atoms with E-state index in [0.717, 1.165) is 25.0 Å². The Labute approximate surface area is 145 Å². The van der Waals surface area contributed by atoms with Gasteiger partial charge in [-0.25, -0.2) is 0 Å². The van der Waals surface area contributed by atoms with Gasteiger partial charge in [0.05, 0.1) is 5.69 Å². The number of carbonyl (C=O) groups is 1. The zero-order valence-corrected chi connectivity index (χ0v) is 15.5. The smallest absolute Gasteiger partial charge is 0.223 e. The monoisotopic (exact) mass is 332 g/mol. The Bertz CT molecular complexity index is 595. The summed E-state index contributed by atoms with van der Waals surface area (Å²) in [6.45, 7) is 6.23. The molecule has 0 aromatic carbocycles. The normalized spacial score (nSPS) is 30.9. The molecule has 0 radical (unpaired) electrons. The lowest BCUT2D eigenvalue weighted by molar-refractivity contribution is -0.128. The highest BCUT2D eigenvalue weighted by molar-refractivity contribution is 5.79. The highest BCUT2D eigenvalue weighted by atomic mass is 16.1. The number of hydrogen-bond donors (Lipinski definition) is 2. The molecule has 1 aromatic heterocycles. The van der Waals surface area contributed by atoms with E-state index in [0.29, 0.717) is 17.9 Å². The van der Waals surface area contributed by atoms with Gasteiger partial charge in [0.25, 0.3) is 0 Å². The van der Waals surface area contributed by atoms with Crippen molar-refractivity contribution in [3.63, 3.8) is 0 Å². The lowest BCUT2D eigenvalue weighted by Gasteiger charge is -2.43. The van der Waals surface area contributed by atoms with Crippen LogP contribution in [0.4, 0.5) is 0 Å². The van der Waals surface area contributed by atoms with Crippen molar-refractivity contribution in [3.05, 3.63) is 17.0 Å². The largest absolute Gasteiger partial charge is 0.353 e. The predicted molar refractivity (Wildman–Crippen MR) is 95.5 cm³/mol. The molecule has 134 valence electrons. The Morgan fingerprint density at radius 3 is 2.50 bits per heavy atom. The average Bonchev–Trinajstić information content (AvgIpc) is 2.73. The van der Waals surface area contributed by atoms with Crippen LogP contribution in [0.1, 0.15) is 56.0 Å². The molecule has 0 saturated heterocycles. The van der Waals surface area contributed by atoms with Crippen molar-refractivity contribution >= 4 is 5.91 Å². The molecule has 2 bridgehead atoms. The second kappa shape index (κ2) is 6.87. The summed E-state index contributed by atoms with van der Waals surface area (Å²) >= 11 is 0. The van der Waals surface area contributed by atoms with Gasteiger partial charge in [-0.15, -0.1) is 0 Å². The molecule has 2 aliphatic carbocycles. The number of amides is 1. The van der Waals surface area contributed by atoms with Crippen LogP contribution in [0.15, 0.2) is 0 Å². The first-order chi connectivity index (χ1) is 11.4. The minimum absolute atomic E-state index is 0.134. The van der Waals surface area contributed by atoms with Gasteiger partial charge in [-0.05, 0) is 70.3 Å². The van der Waals surface area contributed by atoms with Gasteiger partial charge in [0.15, 0.2) is 0 Å². The molecule has 0 spiro atoms. The zero-order chi connectivity index (χ0) is 17.4. The number of nitrogens with zero attached hydrogens (tertiary/aromatic N) is 2. The topological polar surface area (TPSA) is 72.9 Å². The summed E-state index contributed by atoms with van der Waals surface area (Å²) in [5, 5.41) is 7.72. The lowest BCUT2D eigenvalue weighted by Crippen LogP contribution is -2.50. The van der Waals surface area contributed by atoms with Crippen LogP contribution in [0.5, 0.6) is 0 Å². The SMILES string of the molecule is Cc1nn(C)c(C)c1CC(C)NC(=O)C1CC2CCCC(C1)C2N. The summed E-state index contributed by atoms with van der Waals surface area (Å²) in [5.74, 6) is 1.47. The fraction of sp³-hybridized carbons (Fsp3) is 0.789. The molecule has 24 heavy (non-hydrogen) atoms. The number of nitrogens with two attached hydrogens (primary N) is 1. The highest BCUT2D eigenvalue weighted by Gasteiger charge is 2.40. The molecule has 5 heteroatoms. The number of hydrogen-bond acceptors (Lipinski definition) is 3. The van der Waals surface area contributed by atoms with Gasteiger partial charge in [0.1, 0.15) is 0 Å². The molecule has 2 saturated carbocycles. The van der Waals surface area contributed by atoms with E-state index >= 15 is 0 Å². The average molecular weight is 332 g/mol. The van der Waals surface area contributed by atoms with E-state index in [4.69, 9.17) is 5.73 Å². The van der Waals surface area contributed by atoms with E-state index in [1.165, 1.54) is 30.5 Å². The summed E-state index contributed by atoms with van der Waals surface area (Å²) in [6.07, 6.45) is 6.47. The second-order valence-electron chi connectivity index (χ2n) is 8.08. The predicted octanol–water partition coefficient (Wildman–Crippen LogP) is 2.24. The van der Waals surface area contributed by atoms with Crippen molar-refractivity contribution in [2.24, 2.45) is 30.5 Å². The zero-order valence-electron chi connectivity index (χ0n) is 15.5. The first kappa shape index (κ1) is 17.5. The number of aryl methyl sites for hydroxylation is 2. The number of aromatic nitrogens is 2. The van der Waals surface area contributed by atoms with Crippen molar-refractivity contribution in [1.82, 2.24) is 15.1 Å². The lowest BCUT2D eigenvalue weighted by atomic mass is 9.65. The third kappa shape index (κ3) is 3.37. The van der Waals surface area contributed by atoms with Crippen molar-refractivity contribution in [1.29, 1.82) is 0 Å². The summed E-state index contributed by atoms with van der Waals surface area (Å²) in [4.78, 5) is 12.7. The van der Waals surface area contributed by atoms with E-state index in [1.807, 2.05) is 18.7 Å². The molecular formula is C19H32N4O. The van der Waals surface area contributed by atoms with Crippen molar-refractivity contribution in [3.8, 4) is 0 Å². The number of nitrogens with one attached hydrogen (secondary N) is 1. The minimum atomic E-state index is 0.134. The second-order valence-corrected chi connectivity index (χ2v) is 8.08. The highest BCUT2D eigenvalue weighted by Crippen LogP contribution is 2.41. The van der Waals surface area contributed by atoms with E-state index < -0.39 is 0 Å². The Hall–Kier alpha value is -1.36. The molecule has 0 aliphatic heterocycles. The molecule has 2 fully saturated rings. The van der Waals surface area contributed by atoms with Crippen LogP contribution in [0.3, 0.4) is 0 Å². The van der Waals surface area contributed by atoms with Gasteiger partial charge < -0.3 is 11.1 Å². The molecule has 3 unspecified atom stereocenters. The quantitative estimate of drug-likeness (QED) is 0.888. The Balaban J connectivity index is 1.58. The first-order valence-electron chi connectivity index (χ1n) is 9.41. The first-order valence-corrected chi connectivity index (χ1v) is 9.41. The van der Waals surface area contributed by atoms with E-state index in [1.54, 1.807) is 0 Å². The van der Waals surface area contributed by atoms with Crippen LogP contribution in [0.2, 0.25) is 0 Å². The fourth-order valence-electron chi connectivity index (χ4n) is 4.83. The van der Waals surface area contributed by atoms with Crippen LogP contribution in [-0.4, -0.2) is 27.8 Å². The summed E-state index contributed by atoms with van der Waals surface area (Å²) in [5.41, 5.74) is 9.85. The summed E-state index contributed by atoms with van der Waals surface area (Å²) in [6, 6.07) is 0.454. The minimum Gasteiger partial charge on any atom is -0.353 e. The van der Waals surface area contributed by atoms with E-state index in [2.05, 4.69) is 24.3 Å². The van der Waals surface area contributed by atoms with Crippen molar-refractivity contribution < 1.29 is 4.79 Å². The van der Waals surface area contributed by atoms with Gasteiger partial charge >= 0.3 is 0 Å². The van der Waals surface area contributed by atoms with Crippen LogP contribution in [0, 0.1) is 31.6 Å². The van der Waals surface area contributed by atoms with Gasteiger partial charge in [-0.3, -0.25) is 9.48 Å². The third-order valence-electron chi connectivity index (χ3n) is 6.34. The summed E-state index contributed by atoms with van der Waals surface area (Å²) in [7, 11) is 1.97. The maximum atomic E-state index is 12.7. The number of carbonyl (C=O) groups excluding carboxylic acids is 1. The Morgan fingerprint density at radius 2 is 1.96 bits per heavy atom. The standard InChI is InChI=1S/C19H32N4O/c1-11(8-17-12(2)22-23(4)13(17)3)21-19(24)16-9-14-6-5-7-15(10-16)18(14)20/h11,14-16,18H,5-10,20H2,1-4H3,(H,21,24). The number of fused-ring (bicyclic) bond motifs is 2. The van der Waals surface area contributed by atoms with Crippen LogP contribution in [-0.2, 0) is 18.3 Å². The van der Waals surface area contributed by atoms with Gasteiger partial charge in [0.2, 0.25) is 5.91 Å². The van der Waals surface area contributed by atoms with Gasteiger partial charge in [-0.1, -0.05) is 6.42 Å². The van der Waals surface area contributed by atoms with Crippen LogP contribution >= 0.6 is 0 Å². The maximum absolute atomic E-state index is 12.7. The van der Waals surface area contributed by atoms with Crippen molar-refractivity contribution in [2.45, 2.75) is 71.4 Å². The van der Waals surface area contributed by atoms with Crippen LogP contribution in [0.25, 0.3) is 0 Å². The van der Waals surface area contributed by atoms with Gasteiger partial charge in [0, 0.05) is 30.7 Å².